The Hall–Kier alpha value is -3.75. The third-order valence-corrected chi connectivity index (χ3v) is 9.22. The summed E-state index contributed by atoms with van der Waals surface area (Å²) in [5.41, 5.74) is 1.70. The largest absolute Gasteiger partial charge is 0.494 e. The maximum absolute atomic E-state index is 13.8. The first kappa shape index (κ1) is 30.7. The summed E-state index contributed by atoms with van der Waals surface area (Å²) in [7, 11) is -0.0105. The van der Waals surface area contributed by atoms with Gasteiger partial charge in [-0.2, -0.15) is 0 Å². The van der Waals surface area contributed by atoms with Crippen molar-refractivity contribution in [3.63, 3.8) is 0 Å². The van der Waals surface area contributed by atoms with Crippen molar-refractivity contribution >= 4 is 60.6 Å². The summed E-state index contributed by atoms with van der Waals surface area (Å²) in [6.45, 7) is 1.06. The van der Waals surface area contributed by atoms with Crippen molar-refractivity contribution < 1.29 is 28.0 Å². The number of alkyl halides is 1. The molecule has 1 aliphatic rings. The van der Waals surface area contributed by atoms with Crippen molar-refractivity contribution in [2.45, 2.75) is 17.2 Å². The van der Waals surface area contributed by atoms with E-state index < -0.39 is 21.6 Å². The summed E-state index contributed by atoms with van der Waals surface area (Å²) in [5.74, 6) is 0.112. The Bertz CT molecular complexity index is 1810. The normalized spacial score (nSPS) is 15.0. The fourth-order valence-corrected chi connectivity index (χ4v) is 6.69. The fraction of sp³-hybridized carbons (Fsp3) is 0.345. The predicted octanol–water partition coefficient (Wildman–Crippen LogP) is 3.81. The quantitative estimate of drug-likeness (QED) is 0.0924. The molecule has 0 saturated carbocycles. The minimum Gasteiger partial charge on any atom is -0.494 e. The summed E-state index contributed by atoms with van der Waals surface area (Å²) < 4.78 is 33.5. The summed E-state index contributed by atoms with van der Waals surface area (Å²) in [6.07, 6.45) is 0.872. The lowest BCUT2D eigenvalue weighted by Gasteiger charge is -2.17. The van der Waals surface area contributed by atoms with E-state index in [4.69, 9.17) is 21.4 Å². The van der Waals surface area contributed by atoms with E-state index in [0.717, 1.165) is 23.9 Å². The standard InChI is InChI=1S/C29H32ClN5O7S/c1-33(2)9-3-11-42-20-4-7-24-18(12-20)13-25(32-24)29(37)34-17-19(16-30)28-22-6-5-21(43(40,41)31-8-10-36)14-23(22)26(35(38)39)15-27(28)34/h4-7,12-15,19,31-32,36H,3,8-11,16-17H2,1-2H3. The average Bonchev–Trinajstić information content (AvgIpc) is 3.58. The lowest BCUT2D eigenvalue weighted by Crippen LogP contribution is -2.30. The molecular weight excluding hydrogens is 598 g/mol. The second-order valence-electron chi connectivity index (χ2n) is 10.6. The van der Waals surface area contributed by atoms with Crippen molar-refractivity contribution in [1.82, 2.24) is 14.6 Å². The van der Waals surface area contributed by atoms with Gasteiger partial charge in [0.2, 0.25) is 10.0 Å². The minimum absolute atomic E-state index is 0.115. The number of rotatable bonds is 12. The lowest BCUT2D eigenvalue weighted by molar-refractivity contribution is -0.383. The van der Waals surface area contributed by atoms with Crippen LogP contribution in [0.2, 0.25) is 0 Å². The molecule has 12 nitrogen and oxygen atoms in total. The molecule has 228 valence electrons. The average molecular weight is 630 g/mol. The molecule has 14 heteroatoms. The highest BCUT2D eigenvalue weighted by Crippen LogP contribution is 2.46. The van der Waals surface area contributed by atoms with Gasteiger partial charge in [-0.15, -0.1) is 11.6 Å². The number of carbonyl (C=O) groups excluding carboxylic acids is 1. The van der Waals surface area contributed by atoms with Gasteiger partial charge in [-0.25, -0.2) is 13.1 Å². The summed E-state index contributed by atoms with van der Waals surface area (Å²) in [6, 6.07) is 12.7. The molecule has 3 N–H and O–H groups in total. The number of carbonyl (C=O) groups is 1. The van der Waals surface area contributed by atoms with Crippen molar-refractivity contribution in [2.24, 2.45) is 0 Å². The highest BCUT2D eigenvalue weighted by molar-refractivity contribution is 7.89. The second-order valence-corrected chi connectivity index (χ2v) is 12.7. The molecule has 3 aromatic carbocycles. The van der Waals surface area contributed by atoms with E-state index in [1.165, 1.54) is 29.2 Å². The minimum atomic E-state index is -4.01. The molecule has 2 heterocycles. The number of ether oxygens (including phenoxy) is 1. The number of nitro benzene ring substituents is 1. The molecule has 1 unspecified atom stereocenters. The molecule has 0 saturated heterocycles. The number of aliphatic hydroxyl groups excluding tert-OH is 1. The number of anilines is 1. The SMILES string of the molecule is CN(C)CCCOc1ccc2[nH]c(C(=O)N3CC(CCl)c4c3cc([N+](=O)[O-])c3cc(S(=O)(=O)NCCO)ccc43)cc2c1. The molecular formula is C29H32ClN5O7S. The van der Waals surface area contributed by atoms with E-state index in [1.807, 2.05) is 32.3 Å². The van der Waals surface area contributed by atoms with Crippen LogP contribution in [-0.4, -0.2) is 87.1 Å². The van der Waals surface area contributed by atoms with E-state index in [9.17, 15) is 23.3 Å². The van der Waals surface area contributed by atoms with Crippen molar-refractivity contribution in [1.29, 1.82) is 0 Å². The van der Waals surface area contributed by atoms with Gasteiger partial charge in [-0.05, 0) is 67.9 Å². The number of benzene rings is 3. The number of aromatic amines is 1. The number of nitro groups is 1. The monoisotopic (exact) mass is 629 g/mol. The molecule has 1 aromatic heterocycles. The van der Waals surface area contributed by atoms with Crippen molar-refractivity contribution in [3.05, 3.63) is 69.9 Å². The van der Waals surface area contributed by atoms with Crippen molar-refractivity contribution in [2.75, 3.05) is 57.7 Å². The third kappa shape index (κ3) is 6.17. The van der Waals surface area contributed by atoms with Crippen LogP contribution in [0.5, 0.6) is 5.75 Å². The number of aromatic nitrogens is 1. The molecule has 43 heavy (non-hydrogen) atoms. The van der Waals surface area contributed by atoms with Gasteiger partial charge in [0.1, 0.15) is 11.4 Å². The van der Waals surface area contributed by atoms with Gasteiger partial charge in [-0.3, -0.25) is 14.9 Å². The Kier molecular flexibility index (Phi) is 8.90. The van der Waals surface area contributed by atoms with Crippen LogP contribution in [0.4, 0.5) is 11.4 Å². The van der Waals surface area contributed by atoms with E-state index in [2.05, 4.69) is 14.6 Å². The summed E-state index contributed by atoms with van der Waals surface area (Å²) in [5, 5.41) is 22.5. The van der Waals surface area contributed by atoms with E-state index in [-0.39, 0.29) is 46.8 Å². The molecule has 4 aromatic rings. The zero-order valence-electron chi connectivity index (χ0n) is 23.7. The molecule has 1 atom stereocenters. The van der Waals surface area contributed by atoms with Crippen LogP contribution in [0.3, 0.4) is 0 Å². The molecule has 0 radical (unpaired) electrons. The highest BCUT2D eigenvalue weighted by atomic mass is 35.5. The lowest BCUT2D eigenvalue weighted by atomic mass is 9.95. The number of fused-ring (bicyclic) bond motifs is 4. The number of non-ortho nitro benzene ring substituents is 1. The summed E-state index contributed by atoms with van der Waals surface area (Å²) >= 11 is 6.34. The van der Waals surface area contributed by atoms with Gasteiger partial charge in [-0.1, -0.05) is 6.07 Å². The van der Waals surface area contributed by atoms with Gasteiger partial charge < -0.3 is 24.6 Å². The first-order chi connectivity index (χ1) is 20.5. The van der Waals surface area contributed by atoms with Crippen LogP contribution in [0, 0.1) is 10.1 Å². The van der Waals surface area contributed by atoms with E-state index in [0.29, 0.717) is 34.7 Å². The maximum Gasteiger partial charge on any atom is 0.279 e. The fourth-order valence-electron chi connectivity index (χ4n) is 5.39. The van der Waals surface area contributed by atoms with Gasteiger partial charge in [0.25, 0.3) is 11.6 Å². The molecule has 0 aliphatic carbocycles. The number of sulfonamides is 1. The Morgan fingerprint density at radius 3 is 2.70 bits per heavy atom. The Morgan fingerprint density at radius 2 is 2.00 bits per heavy atom. The highest BCUT2D eigenvalue weighted by Gasteiger charge is 2.37. The number of aliphatic hydroxyl groups is 1. The number of nitrogens with zero attached hydrogens (tertiary/aromatic N) is 3. The number of amides is 1. The van der Waals surface area contributed by atoms with E-state index >= 15 is 0 Å². The summed E-state index contributed by atoms with van der Waals surface area (Å²) in [4.78, 5) is 32.0. The topological polar surface area (TPSA) is 158 Å². The number of H-pyrrole nitrogens is 1. The molecule has 0 bridgehead atoms. The van der Waals surface area contributed by atoms with Crippen LogP contribution in [0.15, 0.2) is 53.4 Å². The van der Waals surface area contributed by atoms with Crippen LogP contribution in [-0.2, 0) is 10.0 Å². The molecule has 0 spiro atoms. The molecule has 1 aliphatic heterocycles. The number of halogens is 1. The maximum atomic E-state index is 13.8. The Labute approximate surface area is 253 Å². The first-order valence-corrected chi connectivity index (χ1v) is 15.7. The number of hydrogen-bond acceptors (Lipinski definition) is 8. The van der Waals surface area contributed by atoms with Crippen LogP contribution in [0.25, 0.3) is 21.7 Å². The molecule has 5 rings (SSSR count). The number of nitrogens with one attached hydrogen (secondary N) is 2. The van der Waals surface area contributed by atoms with Gasteiger partial charge >= 0.3 is 0 Å². The number of hydrogen-bond donors (Lipinski definition) is 3. The predicted molar refractivity (Wildman–Crippen MR) is 165 cm³/mol. The zero-order valence-corrected chi connectivity index (χ0v) is 25.2. The van der Waals surface area contributed by atoms with Crippen molar-refractivity contribution in [3.8, 4) is 5.75 Å². The zero-order chi connectivity index (χ0) is 30.9. The Morgan fingerprint density at radius 1 is 1.21 bits per heavy atom. The Balaban J connectivity index is 1.51. The smallest absolute Gasteiger partial charge is 0.279 e. The van der Waals surface area contributed by atoms with Crippen LogP contribution in [0.1, 0.15) is 28.4 Å². The van der Waals surface area contributed by atoms with Crippen LogP contribution < -0.4 is 14.4 Å². The third-order valence-electron chi connectivity index (χ3n) is 7.39. The van der Waals surface area contributed by atoms with Crippen LogP contribution >= 0.6 is 11.6 Å². The van der Waals surface area contributed by atoms with E-state index in [1.54, 1.807) is 6.07 Å². The molecule has 0 fully saturated rings. The van der Waals surface area contributed by atoms with Gasteiger partial charge in [0, 0.05) is 48.4 Å². The second kappa shape index (κ2) is 12.5. The first-order valence-electron chi connectivity index (χ1n) is 13.7. The van der Waals surface area contributed by atoms with Gasteiger partial charge in [0.15, 0.2) is 0 Å². The van der Waals surface area contributed by atoms with Gasteiger partial charge in [0.05, 0.1) is 34.1 Å². The molecule has 1 amide bonds.